The maximum absolute atomic E-state index is 10.6. The van der Waals surface area contributed by atoms with Crippen LogP contribution in [0.25, 0.3) is 0 Å². The van der Waals surface area contributed by atoms with Gasteiger partial charge in [0.15, 0.2) is 0 Å². The molecule has 4 nitrogen and oxygen atoms in total. The third-order valence-corrected chi connectivity index (χ3v) is 6.00. The van der Waals surface area contributed by atoms with Gasteiger partial charge in [-0.15, -0.1) is 0 Å². The molecular weight excluding hydrogens is 344 g/mol. The third kappa shape index (κ3) is 9.64. The van der Waals surface area contributed by atoms with Gasteiger partial charge in [-0.2, -0.15) is 0 Å². The summed E-state index contributed by atoms with van der Waals surface area (Å²) in [5, 5.41) is 20.2. The molecule has 0 spiro atoms. The minimum absolute atomic E-state index is 0.0569. The fourth-order valence-corrected chi connectivity index (χ4v) is 3.49. The molecule has 1 aromatic carbocycles. The standard InChI is InChI=1S/C21H36O4Si/c1-18(13-19(2)20-9-7-6-8-10-20)14-21(23,15-22)16-25-17-24-11-12-26(3,4)5/h6-10,13,19,22-23H,11-12,14-17H2,1-5H3/b18-13+/t19?,21-/m0/s1. The van der Waals surface area contributed by atoms with E-state index in [1.54, 1.807) is 0 Å². The lowest BCUT2D eigenvalue weighted by Gasteiger charge is -2.26. The number of aliphatic hydroxyl groups excluding tert-OH is 1. The molecule has 0 aliphatic carbocycles. The first-order valence-electron chi connectivity index (χ1n) is 9.36. The van der Waals surface area contributed by atoms with Crippen molar-refractivity contribution in [2.45, 2.75) is 57.5 Å². The Morgan fingerprint density at radius 2 is 1.85 bits per heavy atom. The van der Waals surface area contributed by atoms with Crippen LogP contribution in [0.3, 0.4) is 0 Å². The number of hydrogen-bond acceptors (Lipinski definition) is 4. The van der Waals surface area contributed by atoms with E-state index in [0.29, 0.717) is 13.0 Å². The second-order valence-corrected chi connectivity index (χ2v) is 14.1. The van der Waals surface area contributed by atoms with Crippen LogP contribution in [0.4, 0.5) is 0 Å². The Balaban J connectivity index is 2.44. The fraction of sp³-hybridized carbons (Fsp3) is 0.619. The van der Waals surface area contributed by atoms with E-state index in [0.717, 1.165) is 11.6 Å². The zero-order chi connectivity index (χ0) is 19.6. The largest absolute Gasteiger partial charge is 0.393 e. The highest BCUT2D eigenvalue weighted by Gasteiger charge is 2.27. The minimum Gasteiger partial charge on any atom is -0.393 e. The summed E-state index contributed by atoms with van der Waals surface area (Å²) < 4.78 is 10.9. The van der Waals surface area contributed by atoms with Gasteiger partial charge in [-0.05, 0) is 24.4 Å². The number of ether oxygens (including phenoxy) is 2. The molecule has 0 heterocycles. The molecule has 2 N–H and O–H groups in total. The fourth-order valence-electron chi connectivity index (χ4n) is 2.74. The van der Waals surface area contributed by atoms with E-state index in [-0.39, 0.29) is 25.9 Å². The molecule has 1 rings (SSSR count). The van der Waals surface area contributed by atoms with E-state index in [1.807, 2.05) is 25.1 Å². The second-order valence-electron chi connectivity index (χ2n) is 8.46. The summed E-state index contributed by atoms with van der Waals surface area (Å²) in [4.78, 5) is 0. The summed E-state index contributed by atoms with van der Waals surface area (Å²) in [7, 11) is -1.10. The smallest absolute Gasteiger partial charge is 0.146 e. The second kappa shape index (κ2) is 11.0. The number of hydrogen-bond donors (Lipinski definition) is 2. The van der Waals surface area contributed by atoms with Crippen LogP contribution in [-0.2, 0) is 9.47 Å². The van der Waals surface area contributed by atoms with Gasteiger partial charge < -0.3 is 19.7 Å². The summed E-state index contributed by atoms with van der Waals surface area (Å²) in [5.74, 6) is 0.255. The van der Waals surface area contributed by atoms with Gasteiger partial charge in [-0.25, -0.2) is 0 Å². The first kappa shape index (κ1) is 23.1. The van der Waals surface area contributed by atoms with E-state index in [4.69, 9.17) is 9.47 Å². The third-order valence-electron chi connectivity index (χ3n) is 4.30. The lowest BCUT2D eigenvalue weighted by Crippen LogP contribution is -2.39. The Bertz CT molecular complexity index is 539. The number of rotatable bonds is 12. The van der Waals surface area contributed by atoms with Crippen molar-refractivity contribution in [2.24, 2.45) is 0 Å². The van der Waals surface area contributed by atoms with E-state index in [1.165, 1.54) is 5.56 Å². The van der Waals surface area contributed by atoms with Crippen LogP contribution in [-0.4, -0.2) is 50.5 Å². The molecule has 0 amide bonds. The normalized spacial score (nSPS) is 16.3. The van der Waals surface area contributed by atoms with Crippen LogP contribution < -0.4 is 0 Å². The van der Waals surface area contributed by atoms with Crippen LogP contribution in [0.1, 0.15) is 31.7 Å². The van der Waals surface area contributed by atoms with Crippen LogP contribution in [0, 0.1) is 0 Å². The molecule has 2 atom stereocenters. The maximum Gasteiger partial charge on any atom is 0.146 e. The zero-order valence-corrected chi connectivity index (χ0v) is 18.0. The molecule has 0 saturated carbocycles. The molecule has 1 unspecified atom stereocenters. The summed E-state index contributed by atoms with van der Waals surface area (Å²) in [6.45, 7) is 11.5. The quantitative estimate of drug-likeness (QED) is 0.247. The Kier molecular flexibility index (Phi) is 9.75. The van der Waals surface area contributed by atoms with Gasteiger partial charge in [0.25, 0.3) is 0 Å². The predicted octanol–water partition coefficient (Wildman–Crippen LogP) is 4.18. The van der Waals surface area contributed by atoms with Gasteiger partial charge in [-0.3, -0.25) is 0 Å². The molecule has 26 heavy (non-hydrogen) atoms. The van der Waals surface area contributed by atoms with Gasteiger partial charge >= 0.3 is 0 Å². The average Bonchev–Trinajstić information content (AvgIpc) is 2.57. The first-order valence-corrected chi connectivity index (χ1v) is 13.1. The molecule has 1 aromatic rings. The molecule has 5 heteroatoms. The summed E-state index contributed by atoms with van der Waals surface area (Å²) >= 11 is 0. The van der Waals surface area contributed by atoms with Crippen molar-refractivity contribution in [1.82, 2.24) is 0 Å². The molecule has 0 aliphatic heterocycles. The van der Waals surface area contributed by atoms with Gasteiger partial charge in [0, 0.05) is 21.1 Å². The van der Waals surface area contributed by atoms with E-state index >= 15 is 0 Å². The number of benzene rings is 1. The predicted molar refractivity (Wildman–Crippen MR) is 110 cm³/mol. The summed E-state index contributed by atoms with van der Waals surface area (Å²) in [6.07, 6.45) is 2.50. The Morgan fingerprint density at radius 1 is 1.19 bits per heavy atom. The first-order chi connectivity index (χ1) is 12.2. The van der Waals surface area contributed by atoms with Crippen molar-refractivity contribution >= 4 is 8.07 Å². The van der Waals surface area contributed by atoms with Crippen molar-refractivity contribution in [2.75, 3.05) is 26.6 Å². The molecule has 148 valence electrons. The monoisotopic (exact) mass is 380 g/mol. The molecule has 0 radical (unpaired) electrons. The Hall–Kier alpha value is -0.983. The SMILES string of the molecule is C/C(=C\C(C)c1ccccc1)C[C@](O)(CO)COCOCC[Si](C)(C)C. The zero-order valence-electron chi connectivity index (χ0n) is 17.0. The molecule has 0 fully saturated rings. The Labute approximate surface area is 159 Å². The highest BCUT2D eigenvalue weighted by Crippen LogP contribution is 2.23. The van der Waals surface area contributed by atoms with Crippen LogP contribution >= 0.6 is 0 Å². The van der Waals surface area contributed by atoms with E-state index < -0.39 is 13.7 Å². The maximum atomic E-state index is 10.6. The van der Waals surface area contributed by atoms with Gasteiger partial charge in [0.05, 0.1) is 13.2 Å². The molecule has 0 aliphatic rings. The minimum atomic E-state index is -1.28. The molecule has 0 aromatic heterocycles. The Morgan fingerprint density at radius 3 is 2.42 bits per heavy atom. The highest BCUT2D eigenvalue weighted by molar-refractivity contribution is 6.76. The lowest BCUT2D eigenvalue weighted by atomic mass is 9.92. The van der Waals surface area contributed by atoms with Crippen LogP contribution in [0.15, 0.2) is 42.0 Å². The summed E-state index contributed by atoms with van der Waals surface area (Å²) in [5.41, 5.74) is 0.978. The van der Waals surface area contributed by atoms with Gasteiger partial charge in [-0.1, -0.05) is 68.5 Å². The highest BCUT2D eigenvalue weighted by atomic mass is 28.3. The van der Waals surface area contributed by atoms with Gasteiger partial charge in [0.2, 0.25) is 0 Å². The molecular formula is C21H36O4Si. The topological polar surface area (TPSA) is 58.9 Å². The molecule has 0 bridgehead atoms. The van der Waals surface area contributed by atoms with E-state index in [9.17, 15) is 10.2 Å². The molecule has 0 saturated heterocycles. The average molecular weight is 381 g/mol. The van der Waals surface area contributed by atoms with Crippen molar-refractivity contribution in [1.29, 1.82) is 0 Å². The van der Waals surface area contributed by atoms with Gasteiger partial charge in [0.1, 0.15) is 12.4 Å². The number of allylic oxidation sites excluding steroid dienone is 1. The van der Waals surface area contributed by atoms with Crippen molar-refractivity contribution in [3.8, 4) is 0 Å². The van der Waals surface area contributed by atoms with E-state index in [2.05, 4.69) is 44.8 Å². The number of aliphatic hydroxyl groups is 2. The van der Waals surface area contributed by atoms with Crippen molar-refractivity contribution in [3.63, 3.8) is 0 Å². The van der Waals surface area contributed by atoms with Crippen LogP contribution in [0.2, 0.25) is 25.7 Å². The van der Waals surface area contributed by atoms with Crippen molar-refractivity contribution in [3.05, 3.63) is 47.5 Å². The van der Waals surface area contributed by atoms with Crippen molar-refractivity contribution < 1.29 is 19.7 Å². The van der Waals surface area contributed by atoms with Crippen LogP contribution in [0.5, 0.6) is 0 Å². The lowest BCUT2D eigenvalue weighted by molar-refractivity contribution is -0.125. The summed E-state index contributed by atoms with van der Waals surface area (Å²) in [6, 6.07) is 11.3.